The lowest BCUT2D eigenvalue weighted by molar-refractivity contribution is 0.0697. The number of carboxylic acid groups (broad SMARTS) is 1. The highest BCUT2D eigenvalue weighted by atomic mass is 32.1. The van der Waals surface area contributed by atoms with Crippen molar-refractivity contribution in [1.29, 1.82) is 0 Å². The number of benzene rings is 1. The molecule has 0 bridgehead atoms. The van der Waals surface area contributed by atoms with Crippen molar-refractivity contribution in [3.05, 3.63) is 52.2 Å². The fourth-order valence-electron chi connectivity index (χ4n) is 1.76. The summed E-state index contributed by atoms with van der Waals surface area (Å²) in [6.07, 6.45) is 0. The van der Waals surface area contributed by atoms with E-state index in [1.807, 2.05) is 6.07 Å². The van der Waals surface area contributed by atoms with Crippen LogP contribution in [0.4, 0.5) is 0 Å². The molecule has 20 heavy (non-hydrogen) atoms. The summed E-state index contributed by atoms with van der Waals surface area (Å²) in [4.78, 5) is 14.2. The third-order valence-electron chi connectivity index (χ3n) is 2.85. The molecule has 1 aromatic carbocycles. The van der Waals surface area contributed by atoms with Crippen molar-refractivity contribution in [3.63, 3.8) is 0 Å². The van der Waals surface area contributed by atoms with Crippen molar-refractivity contribution >= 4 is 17.3 Å². The third kappa shape index (κ3) is 4.36. The van der Waals surface area contributed by atoms with Crippen molar-refractivity contribution in [2.75, 3.05) is 20.2 Å². The molecule has 0 unspecified atom stereocenters. The summed E-state index contributed by atoms with van der Waals surface area (Å²) in [7, 11) is 2.05. The fourth-order valence-corrected chi connectivity index (χ4v) is 2.54. The molecule has 0 atom stereocenters. The quantitative estimate of drug-likeness (QED) is 0.852. The van der Waals surface area contributed by atoms with E-state index in [2.05, 4.69) is 23.4 Å². The summed E-state index contributed by atoms with van der Waals surface area (Å²) >= 11 is 1.75. The van der Waals surface area contributed by atoms with Gasteiger partial charge in [0.2, 0.25) is 0 Å². The van der Waals surface area contributed by atoms with Gasteiger partial charge in [-0.1, -0.05) is 6.07 Å². The van der Waals surface area contributed by atoms with Crippen LogP contribution >= 0.6 is 11.3 Å². The molecule has 0 aliphatic heterocycles. The molecule has 0 fully saturated rings. The van der Waals surface area contributed by atoms with E-state index in [0.717, 1.165) is 13.1 Å². The number of nitrogens with zero attached hydrogens (tertiary/aromatic N) is 1. The second-order valence-electron chi connectivity index (χ2n) is 4.50. The van der Waals surface area contributed by atoms with E-state index >= 15 is 0 Å². The first kappa shape index (κ1) is 14.6. The molecular formula is C15H17NO3S. The molecule has 0 aliphatic carbocycles. The van der Waals surface area contributed by atoms with E-state index in [9.17, 15) is 4.79 Å². The van der Waals surface area contributed by atoms with E-state index < -0.39 is 5.97 Å². The zero-order valence-electron chi connectivity index (χ0n) is 11.3. The van der Waals surface area contributed by atoms with Gasteiger partial charge in [-0.15, -0.1) is 11.3 Å². The van der Waals surface area contributed by atoms with Crippen LogP contribution in [0.1, 0.15) is 15.2 Å². The Hall–Kier alpha value is -1.85. The zero-order valence-corrected chi connectivity index (χ0v) is 12.1. The Bertz CT molecular complexity index is 537. The third-order valence-corrected chi connectivity index (χ3v) is 3.71. The molecule has 1 aromatic heterocycles. The molecule has 106 valence electrons. The van der Waals surface area contributed by atoms with Crippen molar-refractivity contribution < 1.29 is 14.6 Å². The highest BCUT2D eigenvalue weighted by molar-refractivity contribution is 7.09. The van der Waals surface area contributed by atoms with Gasteiger partial charge in [-0.25, -0.2) is 4.79 Å². The van der Waals surface area contributed by atoms with Crippen LogP contribution < -0.4 is 4.74 Å². The second kappa shape index (κ2) is 7.07. The van der Waals surface area contributed by atoms with Crippen LogP contribution in [-0.2, 0) is 6.54 Å². The standard InChI is InChI=1S/C15H17NO3S/c1-16(11-14-3-2-10-20-14)8-9-19-13-6-4-12(5-7-13)15(17)18/h2-7,10H,8-9,11H2,1H3,(H,17,18). The predicted octanol–water partition coefficient (Wildman–Crippen LogP) is 2.96. The number of likely N-dealkylation sites (N-methyl/N-ethyl adjacent to an activating group) is 1. The maximum Gasteiger partial charge on any atom is 0.335 e. The van der Waals surface area contributed by atoms with E-state index in [-0.39, 0.29) is 5.56 Å². The number of hydrogen-bond acceptors (Lipinski definition) is 4. The minimum atomic E-state index is -0.924. The number of thiophene rings is 1. The van der Waals surface area contributed by atoms with Gasteiger partial charge in [0.15, 0.2) is 0 Å². The van der Waals surface area contributed by atoms with Crippen molar-refractivity contribution in [2.24, 2.45) is 0 Å². The molecule has 1 N–H and O–H groups in total. The maximum absolute atomic E-state index is 10.7. The minimum absolute atomic E-state index is 0.271. The zero-order chi connectivity index (χ0) is 14.4. The van der Waals surface area contributed by atoms with Gasteiger partial charge in [0.1, 0.15) is 12.4 Å². The van der Waals surface area contributed by atoms with Gasteiger partial charge in [-0.2, -0.15) is 0 Å². The molecule has 0 saturated carbocycles. The molecule has 1 heterocycles. The molecule has 0 saturated heterocycles. The van der Waals surface area contributed by atoms with Crippen molar-refractivity contribution in [2.45, 2.75) is 6.54 Å². The number of carbonyl (C=O) groups is 1. The smallest absolute Gasteiger partial charge is 0.335 e. The minimum Gasteiger partial charge on any atom is -0.492 e. The number of carboxylic acids is 1. The molecule has 0 radical (unpaired) electrons. The molecule has 0 aliphatic rings. The first-order valence-electron chi connectivity index (χ1n) is 6.32. The van der Waals surface area contributed by atoms with Crippen LogP contribution in [0.3, 0.4) is 0 Å². The summed E-state index contributed by atoms with van der Waals surface area (Å²) in [5.74, 6) is -0.230. The maximum atomic E-state index is 10.7. The van der Waals surface area contributed by atoms with Crippen LogP contribution in [0.5, 0.6) is 5.75 Å². The van der Waals surface area contributed by atoms with Gasteiger partial charge >= 0.3 is 5.97 Å². The molecule has 0 spiro atoms. The molecular weight excluding hydrogens is 274 g/mol. The fraction of sp³-hybridized carbons (Fsp3) is 0.267. The van der Waals surface area contributed by atoms with Gasteiger partial charge in [-0.05, 0) is 42.8 Å². The highest BCUT2D eigenvalue weighted by Gasteiger charge is 2.04. The Morgan fingerprint density at radius 3 is 2.65 bits per heavy atom. The Morgan fingerprint density at radius 1 is 1.30 bits per heavy atom. The molecule has 5 heteroatoms. The number of aromatic carboxylic acids is 1. The molecule has 4 nitrogen and oxygen atoms in total. The van der Waals surface area contributed by atoms with E-state index in [1.165, 1.54) is 4.88 Å². The lowest BCUT2D eigenvalue weighted by atomic mass is 10.2. The second-order valence-corrected chi connectivity index (χ2v) is 5.53. The van der Waals surface area contributed by atoms with Crippen LogP contribution in [0.2, 0.25) is 0 Å². The Kier molecular flexibility index (Phi) is 5.15. The molecule has 2 aromatic rings. The number of rotatable bonds is 7. The number of ether oxygens (including phenoxy) is 1. The highest BCUT2D eigenvalue weighted by Crippen LogP contribution is 2.13. The number of hydrogen-bond donors (Lipinski definition) is 1. The van der Waals surface area contributed by atoms with E-state index in [0.29, 0.717) is 12.4 Å². The van der Waals surface area contributed by atoms with E-state index in [1.54, 1.807) is 35.6 Å². The van der Waals surface area contributed by atoms with Crippen LogP contribution in [0.25, 0.3) is 0 Å². The topological polar surface area (TPSA) is 49.8 Å². The van der Waals surface area contributed by atoms with Gasteiger partial charge in [0.05, 0.1) is 5.56 Å². The Balaban J connectivity index is 1.73. The first-order valence-corrected chi connectivity index (χ1v) is 7.20. The van der Waals surface area contributed by atoms with Crippen LogP contribution in [-0.4, -0.2) is 36.2 Å². The summed E-state index contributed by atoms with van der Waals surface area (Å²) in [6.45, 7) is 2.31. The average molecular weight is 291 g/mol. The molecule has 2 rings (SSSR count). The van der Waals surface area contributed by atoms with Gasteiger partial charge in [0, 0.05) is 18.0 Å². The van der Waals surface area contributed by atoms with Gasteiger partial charge in [0.25, 0.3) is 0 Å². The Morgan fingerprint density at radius 2 is 2.05 bits per heavy atom. The first-order chi connectivity index (χ1) is 9.65. The summed E-state index contributed by atoms with van der Waals surface area (Å²) in [5, 5.41) is 10.9. The Labute approximate surface area is 122 Å². The van der Waals surface area contributed by atoms with Gasteiger partial charge in [-0.3, -0.25) is 4.90 Å². The SMILES string of the molecule is CN(CCOc1ccc(C(=O)O)cc1)Cc1cccs1. The summed E-state index contributed by atoms with van der Waals surface area (Å²) in [5.41, 5.74) is 0.271. The van der Waals surface area contributed by atoms with Crippen molar-refractivity contribution in [3.8, 4) is 5.75 Å². The van der Waals surface area contributed by atoms with Crippen molar-refractivity contribution in [1.82, 2.24) is 4.90 Å². The monoisotopic (exact) mass is 291 g/mol. The normalized spacial score (nSPS) is 10.7. The van der Waals surface area contributed by atoms with Crippen LogP contribution in [0, 0.1) is 0 Å². The van der Waals surface area contributed by atoms with E-state index in [4.69, 9.17) is 9.84 Å². The molecule has 0 amide bonds. The van der Waals surface area contributed by atoms with Gasteiger partial charge < -0.3 is 9.84 Å². The summed E-state index contributed by atoms with van der Waals surface area (Å²) in [6, 6.07) is 10.6. The predicted molar refractivity (Wildman–Crippen MR) is 79.5 cm³/mol. The lowest BCUT2D eigenvalue weighted by Crippen LogP contribution is -2.23. The van der Waals surface area contributed by atoms with Crippen LogP contribution in [0.15, 0.2) is 41.8 Å². The average Bonchev–Trinajstić information content (AvgIpc) is 2.92. The largest absolute Gasteiger partial charge is 0.492 e. The lowest BCUT2D eigenvalue weighted by Gasteiger charge is -2.16. The summed E-state index contributed by atoms with van der Waals surface area (Å²) < 4.78 is 5.60.